The zero-order chi connectivity index (χ0) is 21.7. The molecule has 1 aliphatic rings. The molecule has 2 aromatic rings. The summed E-state index contributed by atoms with van der Waals surface area (Å²) in [4.78, 5) is 37.8. The molecule has 0 bridgehead atoms. The molecule has 3 rings (SSSR count). The van der Waals surface area contributed by atoms with E-state index in [0.29, 0.717) is 23.6 Å². The minimum atomic E-state index is -0.696. The van der Waals surface area contributed by atoms with Crippen molar-refractivity contribution in [1.29, 1.82) is 0 Å². The molecular weight excluding hydrogens is 390 g/mol. The van der Waals surface area contributed by atoms with Crippen molar-refractivity contribution in [3.05, 3.63) is 53.7 Å². The van der Waals surface area contributed by atoms with E-state index in [4.69, 9.17) is 9.47 Å². The Kier molecular flexibility index (Phi) is 6.21. The van der Waals surface area contributed by atoms with Gasteiger partial charge in [-0.2, -0.15) is 0 Å². The van der Waals surface area contributed by atoms with Gasteiger partial charge in [-0.3, -0.25) is 9.59 Å². The third kappa shape index (κ3) is 4.69. The first-order valence-electron chi connectivity index (χ1n) is 9.15. The van der Waals surface area contributed by atoms with E-state index in [1.165, 1.54) is 25.3 Å². The molecule has 1 heterocycles. The highest BCUT2D eigenvalue weighted by Gasteiger charge is 2.34. The van der Waals surface area contributed by atoms with Crippen LogP contribution in [0.5, 0.6) is 17.2 Å². The lowest BCUT2D eigenvalue weighted by molar-refractivity contribution is -0.127. The quantitative estimate of drug-likeness (QED) is 0.476. The summed E-state index contributed by atoms with van der Waals surface area (Å²) in [5.41, 5.74) is 1.07. The number of urea groups is 1. The Morgan fingerprint density at radius 3 is 2.60 bits per heavy atom. The maximum Gasteiger partial charge on any atom is 0.329 e. The predicted octanol–water partition coefficient (Wildman–Crippen LogP) is 2.33. The molecule has 1 saturated heterocycles. The summed E-state index contributed by atoms with van der Waals surface area (Å²) in [5.74, 6) is -0.295. The number of methoxy groups -OCH3 is 1. The Labute approximate surface area is 172 Å². The van der Waals surface area contributed by atoms with Crippen LogP contribution in [-0.4, -0.2) is 48.1 Å². The molecule has 0 aliphatic carbocycles. The number of aromatic hydroxyl groups is 1. The first-order chi connectivity index (χ1) is 14.4. The van der Waals surface area contributed by atoms with E-state index in [1.807, 2.05) is 6.92 Å². The third-order valence-corrected chi connectivity index (χ3v) is 4.23. The number of rotatable bonds is 7. The zero-order valence-electron chi connectivity index (χ0n) is 16.5. The summed E-state index contributed by atoms with van der Waals surface area (Å²) in [5, 5.41) is 14.7. The molecule has 0 radical (unpaired) electrons. The van der Waals surface area contributed by atoms with Crippen LogP contribution in [0.25, 0.3) is 6.08 Å². The lowest BCUT2D eigenvalue weighted by Crippen LogP contribution is -2.38. The molecule has 0 spiro atoms. The first-order valence-corrected chi connectivity index (χ1v) is 9.15. The van der Waals surface area contributed by atoms with Crippen LogP contribution in [0.3, 0.4) is 0 Å². The summed E-state index contributed by atoms with van der Waals surface area (Å²) in [7, 11) is 1.40. The van der Waals surface area contributed by atoms with Gasteiger partial charge in [0.15, 0.2) is 11.5 Å². The van der Waals surface area contributed by atoms with Crippen molar-refractivity contribution >= 4 is 29.6 Å². The molecule has 9 heteroatoms. The molecule has 2 aromatic carbocycles. The van der Waals surface area contributed by atoms with Crippen LogP contribution >= 0.6 is 0 Å². The monoisotopic (exact) mass is 411 g/mol. The fourth-order valence-corrected chi connectivity index (χ4v) is 2.81. The summed E-state index contributed by atoms with van der Waals surface area (Å²) in [6.07, 6.45) is 1.44. The van der Waals surface area contributed by atoms with Crippen molar-refractivity contribution in [1.82, 2.24) is 10.2 Å². The molecule has 0 saturated carbocycles. The van der Waals surface area contributed by atoms with Crippen molar-refractivity contribution in [3.63, 3.8) is 0 Å². The first kappa shape index (κ1) is 20.7. The average Bonchev–Trinajstić information content (AvgIpc) is 2.98. The van der Waals surface area contributed by atoms with E-state index in [0.717, 1.165) is 4.90 Å². The molecule has 1 aliphatic heterocycles. The van der Waals surface area contributed by atoms with E-state index in [1.54, 1.807) is 30.3 Å². The molecule has 156 valence electrons. The third-order valence-electron chi connectivity index (χ3n) is 4.23. The lowest BCUT2D eigenvalue weighted by atomic mass is 10.1. The van der Waals surface area contributed by atoms with Crippen LogP contribution in [0, 0.1) is 0 Å². The fraction of sp³-hybridized carbons (Fsp3) is 0.190. The van der Waals surface area contributed by atoms with Gasteiger partial charge < -0.3 is 25.2 Å². The number of hydrogen-bond donors (Lipinski definition) is 3. The van der Waals surface area contributed by atoms with E-state index >= 15 is 0 Å². The number of ether oxygens (including phenoxy) is 2. The summed E-state index contributed by atoms with van der Waals surface area (Å²) >= 11 is 0. The highest BCUT2D eigenvalue weighted by Crippen LogP contribution is 2.27. The van der Waals surface area contributed by atoms with E-state index in [-0.39, 0.29) is 17.2 Å². The molecule has 3 N–H and O–H groups in total. The van der Waals surface area contributed by atoms with E-state index in [2.05, 4.69) is 10.6 Å². The van der Waals surface area contributed by atoms with Crippen molar-refractivity contribution in [2.45, 2.75) is 6.92 Å². The SMILES string of the molecule is CCOc1ccc(NC(=O)CN2C(=O)N/C(=C\c3ccc(O)c(OC)c3)C2=O)cc1. The van der Waals surface area contributed by atoms with Gasteiger partial charge in [-0.15, -0.1) is 0 Å². The number of nitrogens with zero attached hydrogens (tertiary/aromatic N) is 1. The van der Waals surface area contributed by atoms with Crippen LogP contribution in [0.4, 0.5) is 10.5 Å². The molecule has 9 nitrogen and oxygen atoms in total. The highest BCUT2D eigenvalue weighted by atomic mass is 16.5. The molecule has 1 fully saturated rings. The zero-order valence-corrected chi connectivity index (χ0v) is 16.5. The fourth-order valence-electron chi connectivity index (χ4n) is 2.81. The van der Waals surface area contributed by atoms with E-state index < -0.39 is 24.4 Å². The maximum absolute atomic E-state index is 12.5. The van der Waals surface area contributed by atoms with Crippen molar-refractivity contribution in [2.24, 2.45) is 0 Å². The van der Waals surface area contributed by atoms with Gasteiger partial charge in [-0.05, 0) is 55.0 Å². The summed E-state index contributed by atoms with van der Waals surface area (Å²) in [6, 6.07) is 10.5. The minimum Gasteiger partial charge on any atom is -0.504 e. The summed E-state index contributed by atoms with van der Waals surface area (Å²) in [6.45, 7) is 1.97. The summed E-state index contributed by atoms with van der Waals surface area (Å²) < 4.78 is 10.4. The molecule has 30 heavy (non-hydrogen) atoms. The minimum absolute atomic E-state index is 0.0154. The molecular formula is C21H21N3O6. The van der Waals surface area contributed by atoms with Crippen LogP contribution in [0.15, 0.2) is 48.2 Å². The van der Waals surface area contributed by atoms with Crippen LogP contribution < -0.4 is 20.1 Å². The second-order valence-corrected chi connectivity index (χ2v) is 6.32. The van der Waals surface area contributed by atoms with Crippen LogP contribution in [0.2, 0.25) is 0 Å². The number of benzene rings is 2. The molecule has 0 aromatic heterocycles. The predicted molar refractivity (Wildman–Crippen MR) is 109 cm³/mol. The van der Waals surface area contributed by atoms with Crippen molar-refractivity contribution in [2.75, 3.05) is 25.6 Å². The number of nitrogens with one attached hydrogen (secondary N) is 2. The molecule has 0 unspecified atom stereocenters. The number of phenols is 1. The molecule has 4 amide bonds. The lowest BCUT2D eigenvalue weighted by Gasteiger charge is -2.12. The van der Waals surface area contributed by atoms with Gasteiger partial charge in [-0.25, -0.2) is 9.69 Å². The Morgan fingerprint density at radius 2 is 1.93 bits per heavy atom. The van der Waals surface area contributed by atoms with Gasteiger partial charge in [0.2, 0.25) is 5.91 Å². The normalized spacial score (nSPS) is 14.6. The Morgan fingerprint density at radius 1 is 1.20 bits per heavy atom. The number of carbonyl (C=O) groups is 3. The van der Waals surface area contributed by atoms with Gasteiger partial charge in [0.05, 0.1) is 13.7 Å². The smallest absolute Gasteiger partial charge is 0.329 e. The van der Waals surface area contributed by atoms with Crippen molar-refractivity contribution in [3.8, 4) is 17.2 Å². The topological polar surface area (TPSA) is 117 Å². The second kappa shape index (κ2) is 8.99. The highest BCUT2D eigenvalue weighted by molar-refractivity contribution is 6.15. The standard InChI is InChI=1S/C21H21N3O6/c1-3-30-15-7-5-14(6-8-15)22-19(26)12-24-20(27)16(23-21(24)28)10-13-4-9-17(25)18(11-13)29-2/h4-11,25H,3,12H2,1-2H3,(H,22,26)(H,23,28)/b16-10-. The second-order valence-electron chi connectivity index (χ2n) is 6.32. The number of anilines is 1. The molecule has 0 atom stereocenters. The van der Waals surface area contributed by atoms with E-state index in [9.17, 15) is 19.5 Å². The Hall–Kier alpha value is -4.01. The van der Waals surface area contributed by atoms with Gasteiger partial charge in [0.1, 0.15) is 18.0 Å². The Balaban J connectivity index is 1.66. The number of phenolic OH excluding ortho intramolecular Hbond substituents is 1. The van der Waals surface area contributed by atoms with Gasteiger partial charge in [0, 0.05) is 5.69 Å². The average molecular weight is 411 g/mol. The van der Waals surface area contributed by atoms with Gasteiger partial charge in [-0.1, -0.05) is 6.07 Å². The number of amides is 4. The largest absolute Gasteiger partial charge is 0.504 e. The van der Waals surface area contributed by atoms with Crippen LogP contribution in [-0.2, 0) is 9.59 Å². The van der Waals surface area contributed by atoms with Crippen LogP contribution in [0.1, 0.15) is 12.5 Å². The van der Waals surface area contributed by atoms with Gasteiger partial charge >= 0.3 is 6.03 Å². The number of imide groups is 1. The van der Waals surface area contributed by atoms with Gasteiger partial charge in [0.25, 0.3) is 5.91 Å². The maximum atomic E-state index is 12.5. The van der Waals surface area contributed by atoms with Crippen molar-refractivity contribution < 1.29 is 29.0 Å². The number of carbonyl (C=O) groups excluding carboxylic acids is 3. The Bertz CT molecular complexity index is 1000. The number of hydrogen-bond acceptors (Lipinski definition) is 6.